The van der Waals surface area contributed by atoms with E-state index in [1.165, 1.54) is 0 Å². The van der Waals surface area contributed by atoms with E-state index in [9.17, 15) is 4.79 Å². The van der Waals surface area contributed by atoms with Gasteiger partial charge in [0.05, 0.1) is 6.54 Å². The molecule has 3 rings (SSSR count). The van der Waals surface area contributed by atoms with Gasteiger partial charge in [-0.2, -0.15) is 0 Å². The number of rotatable bonds is 4. The molecule has 116 valence electrons. The van der Waals surface area contributed by atoms with Gasteiger partial charge >= 0.3 is 0 Å². The highest BCUT2D eigenvalue weighted by atomic mass is 79.9. The van der Waals surface area contributed by atoms with Crippen LogP contribution in [0, 0.1) is 0 Å². The first-order valence-electron chi connectivity index (χ1n) is 7.28. The topological polar surface area (TPSA) is 33.5 Å². The zero-order chi connectivity index (χ0) is 16.2. The van der Waals surface area contributed by atoms with Crippen molar-refractivity contribution in [2.24, 2.45) is 0 Å². The van der Waals surface area contributed by atoms with Crippen LogP contribution in [0.25, 0.3) is 11.3 Å². The van der Waals surface area contributed by atoms with Crippen molar-refractivity contribution in [3.05, 3.63) is 82.5 Å². The van der Waals surface area contributed by atoms with Crippen LogP contribution in [-0.2, 0) is 6.54 Å². The molecule has 0 aliphatic carbocycles. The van der Waals surface area contributed by atoms with Gasteiger partial charge in [0.25, 0.3) is 5.91 Å². The number of furan rings is 1. The van der Waals surface area contributed by atoms with Gasteiger partial charge in [-0.25, -0.2) is 0 Å². The average Bonchev–Trinajstić information content (AvgIpc) is 3.04. The number of halogens is 1. The molecule has 0 atom stereocenters. The van der Waals surface area contributed by atoms with Crippen molar-refractivity contribution in [2.75, 3.05) is 7.05 Å². The van der Waals surface area contributed by atoms with Gasteiger partial charge in [0, 0.05) is 22.6 Å². The Labute approximate surface area is 143 Å². The summed E-state index contributed by atoms with van der Waals surface area (Å²) in [5, 5.41) is 0. The van der Waals surface area contributed by atoms with E-state index in [0.717, 1.165) is 21.6 Å². The Kier molecular flexibility index (Phi) is 4.63. The molecule has 1 aromatic heterocycles. The van der Waals surface area contributed by atoms with Crippen LogP contribution in [0.3, 0.4) is 0 Å². The molecule has 0 aliphatic heterocycles. The molecule has 0 unspecified atom stereocenters. The third kappa shape index (κ3) is 3.71. The van der Waals surface area contributed by atoms with Crippen LogP contribution in [0.5, 0.6) is 0 Å². The molecule has 0 saturated carbocycles. The molecule has 2 aromatic carbocycles. The minimum absolute atomic E-state index is 0.0211. The van der Waals surface area contributed by atoms with Crippen molar-refractivity contribution in [3.8, 4) is 11.3 Å². The second kappa shape index (κ2) is 6.84. The van der Waals surface area contributed by atoms with E-state index < -0.39 is 0 Å². The van der Waals surface area contributed by atoms with E-state index in [4.69, 9.17) is 4.42 Å². The summed E-state index contributed by atoms with van der Waals surface area (Å²) in [7, 11) is 1.77. The second-order valence-corrected chi connectivity index (χ2v) is 6.22. The first-order chi connectivity index (χ1) is 11.1. The summed E-state index contributed by atoms with van der Waals surface area (Å²) in [4.78, 5) is 14.0. The first-order valence-corrected chi connectivity index (χ1v) is 8.08. The Bertz CT molecular complexity index is 794. The lowest BCUT2D eigenvalue weighted by Gasteiger charge is -2.15. The number of nitrogens with zero attached hydrogens (tertiary/aromatic N) is 1. The maximum absolute atomic E-state index is 12.3. The quantitative estimate of drug-likeness (QED) is 0.649. The van der Waals surface area contributed by atoms with E-state index in [1.807, 2.05) is 66.7 Å². The Morgan fingerprint density at radius 1 is 1.00 bits per heavy atom. The third-order valence-electron chi connectivity index (χ3n) is 3.55. The van der Waals surface area contributed by atoms with Crippen molar-refractivity contribution >= 4 is 21.8 Å². The summed E-state index contributed by atoms with van der Waals surface area (Å²) in [6.45, 7) is 0.435. The van der Waals surface area contributed by atoms with E-state index in [-0.39, 0.29) is 5.91 Å². The van der Waals surface area contributed by atoms with Gasteiger partial charge in [0.1, 0.15) is 11.5 Å². The highest BCUT2D eigenvalue weighted by Crippen LogP contribution is 2.24. The number of benzene rings is 2. The Morgan fingerprint density at radius 3 is 2.39 bits per heavy atom. The van der Waals surface area contributed by atoms with Crippen LogP contribution >= 0.6 is 15.9 Å². The minimum atomic E-state index is -0.0211. The smallest absolute Gasteiger partial charge is 0.254 e. The fourth-order valence-corrected chi connectivity index (χ4v) is 2.60. The van der Waals surface area contributed by atoms with Gasteiger partial charge in [-0.15, -0.1) is 0 Å². The van der Waals surface area contributed by atoms with Crippen molar-refractivity contribution in [3.63, 3.8) is 0 Å². The van der Waals surface area contributed by atoms with Crippen LogP contribution in [0.4, 0.5) is 0 Å². The molecule has 0 N–H and O–H groups in total. The zero-order valence-corrected chi connectivity index (χ0v) is 14.3. The molecule has 0 spiro atoms. The van der Waals surface area contributed by atoms with Gasteiger partial charge < -0.3 is 9.32 Å². The molecule has 0 fully saturated rings. The van der Waals surface area contributed by atoms with Crippen molar-refractivity contribution in [1.82, 2.24) is 4.90 Å². The van der Waals surface area contributed by atoms with E-state index in [2.05, 4.69) is 15.9 Å². The minimum Gasteiger partial charge on any atom is -0.459 e. The summed E-state index contributed by atoms with van der Waals surface area (Å²) in [5.74, 6) is 1.54. The van der Waals surface area contributed by atoms with Crippen LogP contribution < -0.4 is 0 Å². The van der Waals surface area contributed by atoms with Crippen molar-refractivity contribution in [1.29, 1.82) is 0 Å². The highest BCUT2D eigenvalue weighted by Gasteiger charge is 2.13. The lowest BCUT2D eigenvalue weighted by atomic mass is 10.2. The fourth-order valence-electron chi connectivity index (χ4n) is 2.34. The van der Waals surface area contributed by atoms with Gasteiger partial charge in [0.2, 0.25) is 0 Å². The van der Waals surface area contributed by atoms with Crippen molar-refractivity contribution in [2.45, 2.75) is 6.54 Å². The van der Waals surface area contributed by atoms with E-state index >= 15 is 0 Å². The summed E-state index contributed by atoms with van der Waals surface area (Å²) in [6, 6.07) is 21.0. The predicted octanol–water partition coefficient (Wildman–Crippen LogP) is 4.98. The lowest BCUT2D eigenvalue weighted by Crippen LogP contribution is -2.25. The van der Waals surface area contributed by atoms with Crippen LogP contribution in [-0.4, -0.2) is 17.9 Å². The molecular weight excluding hydrogens is 354 g/mol. The summed E-state index contributed by atoms with van der Waals surface area (Å²) in [5.41, 5.74) is 1.69. The Balaban J connectivity index is 1.71. The van der Waals surface area contributed by atoms with Crippen LogP contribution in [0.1, 0.15) is 16.1 Å². The average molecular weight is 370 g/mol. The maximum Gasteiger partial charge on any atom is 0.254 e. The molecule has 1 amide bonds. The zero-order valence-electron chi connectivity index (χ0n) is 12.7. The number of carbonyl (C=O) groups excluding carboxylic acids is 1. The molecule has 0 radical (unpaired) electrons. The molecule has 23 heavy (non-hydrogen) atoms. The number of amides is 1. The second-order valence-electron chi connectivity index (χ2n) is 5.30. The third-order valence-corrected chi connectivity index (χ3v) is 4.08. The van der Waals surface area contributed by atoms with Gasteiger partial charge in [-0.3, -0.25) is 4.79 Å². The van der Waals surface area contributed by atoms with Gasteiger partial charge in [0.15, 0.2) is 0 Å². The van der Waals surface area contributed by atoms with Crippen molar-refractivity contribution < 1.29 is 9.21 Å². The molecule has 0 aliphatic rings. The van der Waals surface area contributed by atoms with E-state index in [1.54, 1.807) is 11.9 Å². The van der Waals surface area contributed by atoms with Gasteiger partial charge in [-0.05, 0) is 36.4 Å². The molecule has 0 saturated heterocycles. The molecular formula is C19H16BrNO2. The lowest BCUT2D eigenvalue weighted by molar-refractivity contribution is 0.0776. The molecule has 3 aromatic rings. The summed E-state index contributed by atoms with van der Waals surface area (Å²) >= 11 is 3.42. The highest BCUT2D eigenvalue weighted by molar-refractivity contribution is 9.10. The fraction of sp³-hybridized carbons (Fsp3) is 0.105. The standard InChI is InChI=1S/C19H16BrNO2/c1-21(19(22)15-5-3-2-4-6-15)13-17-11-12-18(23-17)14-7-9-16(20)10-8-14/h2-12H,13H2,1H3. The molecule has 4 heteroatoms. The molecule has 3 nitrogen and oxygen atoms in total. The van der Waals surface area contributed by atoms with Crippen LogP contribution in [0.15, 0.2) is 75.6 Å². The number of carbonyl (C=O) groups is 1. The van der Waals surface area contributed by atoms with Gasteiger partial charge in [-0.1, -0.05) is 46.3 Å². The summed E-state index contributed by atoms with van der Waals surface area (Å²) in [6.07, 6.45) is 0. The number of hydrogen-bond donors (Lipinski definition) is 0. The number of hydrogen-bond acceptors (Lipinski definition) is 2. The molecule has 0 bridgehead atoms. The first kappa shape index (κ1) is 15.6. The normalized spacial score (nSPS) is 10.5. The monoisotopic (exact) mass is 369 g/mol. The summed E-state index contributed by atoms with van der Waals surface area (Å²) < 4.78 is 6.89. The Morgan fingerprint density at radius 2 is 1.70 bits per heavy atom. The SMILES string of the molecule is CN(Cc1ccc(-c2ccc(Br)cc2)o1)C(=O)c1ccccc1. The largest absolute Gasteiger partial charge is 0.459 e. The Hall–Kier alpha value is -2.33. The van der Waals surface area contributed by atoms with E-state index in [0.29, 0.717) is 12.1 Å². The predicted molar refractivity (Wildman–Crippen MR) is 94.1 cm³/mol. The maximum atomic E-state index is 12.3. The molecule has 1 heterocycles. The van der Waals surface area contributed by atoms with Crippen LogP contribution in [0.2, 0.25) is 0 Å².